The van der Waals surface area contributed by atoms with Crippen molar-refractivity contribution in [1.82, 2.24) is 14.3 Å². The van der Waals surface area contributed by atoms with E-state index < -0.39 is 0 Å². The van der Waals surface area contributed by atoms with E-state index in [1.807, 2.05) is 30.2 Å². The largest absolute Gasteiger partial charge is 0.465 e. The minimum absolute atomic E-state index is 0.294. The first kappa shape index (κ1) is 10.1. The van der Waals surface area contributed by atoms with Gasteiger partial charge >= 0.3 is 5.97 Å². The highest BCUT2D eigenvalue weighted by atomic mass is 16.5. The fraction of sp³-hybridized carbons (Fsp3) is 0.333. The van der Waals surface area contributed by atoms with Crippen molar-refractivity contribution in [3.63, 3.8) is 0 Å². The fourth-order valence-corrected chi connectivity index (χ4v) is 2.35. The van der Waals surface area contributed by atoms with Crippen LogP contribution in [0.2, 0.25) is 0 Å². The van der Waals surface area contributed by atoms with Crippen LogP contribution < -0.4 is 0 Å². The summed E-state index contributed by atoms with van der Waals surface area (Å²) in [6.07, 6.45) is 4.63. The van der Waals surface area contributed by atoms with E-state index in [4.69, 9.17) is 4.74 Å². The van der Waals surface area contributed by atoms with Crippen molar-refractivity contribution < 1.29 is 9.53 Å². The van der Waals surface area contributed by atoms with Gasteiger partial charge in [-0.05, 0) is 6.07 Å². The summed E-state index contributed by atoms with van der Waals surface area (Å²) >= 11 is 0. The number of ether oxygens (including phenoxy) is 1. The molecule has 1 aliphatic heterocycles. The summed E-state index contributed by atoms with van der Waals surface area (Å²) in [6, 6.07) is 1.87. The molecule has 0 aromatic carbocycles. The summed E-state index contributed by atoms with van der Waals surface area (Å²) in [7, 11) is 3.34. The molecule has 0 bridgehead atoms. The molecule has 0 fully saturated rings. The average Bonchev–Trinajstić information content (AvgIpc) is 2.91. The normalized spacial score (nSPS) is 13.1. The van der Waals surface area contributed by atoms with Crippen LogP contribution in [-0.2, 0) is 24.8 Å². The van der Waals surface area contributed by atoms with Crippen molar-refractivity contribution in [2.45, 2.75) is 13.0 Å². The minimum Gasteiger partial charge on any atom is -0.465 e. The molecule has 17 heavy (non-hydrogen) atoms. The van der Waals surface area contributed by atoms with Crippen molar-refractivity contribution in [3.05, 3.63) is 29.7 Å². The van der Waals surface area contributed by atoms with Gasteiger partial charge in [0.1, 0.15) is 0 Å². The van der Waals surface area contributed by atoms with Gasteiger partial charge < -0.3 is 9.30 Å². The molecular formula is C12H13N3O2. The number of fused-ring (bicyclic) bond motifs is 3. The molecule has 5 nitrogen and oxygen atoms in total. The first-order chi connectivity index (χ1) is 8.20. The molecule has 0 atom stereocenters. The van der Waals surface area contributed by atoms with Crippen molar-refractivity contribution in [3.8, 4) is 11.3 Å². The fourth-order valence-electron chi connectivity index (χ4n) is 2.35. The number of methoxy groups -OCH3 is 1. The second kappa shape index (κ2) is 3.48. The number of nitrogens with zero attached hydrogens (tertiary/aromatic N) is 3. The summed E-state index contributed by atoms with van der Waals surface area (Å²) in [5.41, 5.74) is 3.96. The number of hydrogen-bond acceptors (Lipinski definition) is 3. The molecule has 0 amide bonds. The first-order valence-corrected chi connectivity index (χ1v) is 5.50. The molecule has 3 heterocycles. The van der Waals surface area contributed by atoms with Crippen LogP contribution in [0.4, 0.5) is 0 Å². The number of rotatable bonds is 1. The third-order valence-electron chi connectivity index (χ3n) is 3.24. The van der Waals surface area contributed by atoms with Gasteiger partial charge in [0.2, 0.25) is 0 Å². The third-order valence-corrected chi connectivity index (χ3v) is 3.24. The van der Waals surface area contributed by atoms with E-state index in [9.17, 15) is 4.79 Å². The Balaban J connectivity index is 2.13. The van der Waals surface area contributed by atoms with E-state index in [2.05, 4.69) is 9.67 Å². The maximum Gasteiger partial charge on any atom is 0.339 e. The predicted octanol–water partition coefficient (Wildman–Crippen LogP) is 1.23. The summed E-state index contributed by atoms with van der Waals surface area (Å²) in [6.45, 7) is 0.874. The molecule has 0 spiro atoms. The van der Waals surface area contributed by atoms with E-state index in [0.29, 0.717) is 5.56 Å². The Morgan fingerprint density at radius 1 is 1.53 bits per heavy atom. The number of hydrogen-bond donors (Lipinski definition) is 0. The number of aryl methyl sites for hydroxylation is 2. The van der Waals surface area contributed by atoms with E-state index in [0.717, 1.165) is 24.2 Å². The van der Waals surface area contributed by atoms with Gasteiger partial charge in [-0.2, -0.15) is 5.10 Å². The van der Waals surface area contributed by atoms with Crippen LogP contribution in [0.1, 0.15) is 16.1 Å². The molecule has 2 aromatic heterocycles. The van der Waals surface area contributed by atoms with Gasteiger partial charge in [-0.15, -0.1) is 0 Å². The molecule has 0 unspecified atom stereocenters. The monoisotopic (exact) mass is 231 g/mol. The van der Waals surface area contributed by atoms with E-state index >= 15 is 0 Å². The van der Waals surface area contributed by atoms with Crippen LogP contribution in [-0.4, -0.2) is 27.4 Å². The molecule has 0 radical (unpaired) electrons. The van der Waals surface area contributed by atoms with Crippen molar-refractivity contribution in [2.75, 3.05) is 7.11 Å². The topological polar surface area (TPSA) is 49.1 Å². The Bertz CT molecular complexity index is 595. The molecule has 0 aliphatic carbocycles. The maximum atomic E-state index is 11.5. The molecule has 0 saturated heterocycles. The Morgan fingerprint density at radius 2 is 2.35 bits per heavy atom. The summed E-state index contributed by atoms with van der Waals surface area (Å²) < 4.78 is 8.71. The van der Waals surface area contributed by atoms with Gasteiger partial charge in [0.05, 0.1) is 24.6 Å². The summed E-state index contributed by atoms with van der Waals surface area (Å²) in [5.74, 6) is -0.294. The highest BCUT2D eigenvalue weighted by Gasteiger charge is 2.22. The quantitative estimate of drug-likeness (QED) is 0.694. The number of aromatic nitrogens is 3. The Hall–Kier alpha value is -2.04. The van der Waals surface area contributed by atoms with E-state index in [1.165, 1.54) is 12.8 Å². The van der Waals surface area contributed by atoms with E-state index in [1.54, 1.807) is 0 Å². The van der Waals surface area contributed by atoms with Gasteiger partial charge in [0.25, 0.3) is 0 Å². The molecule has 0 N–H and O–H groups in total. The first-order valence-electron chi connectivity index (χ1n) is 5.50. The lowest BCUT2D eigenvalue weighted by Gasteiger charge is -2.15. The van der Waals surface area contributed by atoms with Crippen LogP contribution in [0.5, 0.6) is 0 Å². The van der Waals surface area contributed by atoms with Gasteiger partial charge in [-0.1, -0.05) is 0 Å². The zero-order valence-corrected chi connectivity index (χ0v) is 9.80. The number of carbonyl (C=O) groups excluding carboxylic acids is 1. The molecule has 1 aliphatic rings. The van der Waals surface area contributed by atoms with Gasteiger partial charge in [0, 0.05) is 37.5 Å². The predicted molar refractivity (Wildman–Crippen MR) is 61.7 cm³/mol. The highest BCUT2D eigenvalue weighted by Crippen LogP contribution is 2.30. The van der Waals surface area contributed by atoms with Crippen molar-refractivity contribution >= 4 is 5.97 Å². The van der Waals surface area contributed by atoms with Gasteiger partial charge in [-0.3, -0.25) is 4.68 Å². The SMILES string of the molecule is COC(=O)c1cc2n(c1)CCc1c-2cnn1C. The van der Waals surface area contributed by atoms with E-state index in [-0.39, 0.29) is 5.97 Å². The van der Waals surface area contributed by atoms with Crippen LogP contribution in [0, 0.1) is 0 Å². The minimum atomic E-state index is -0.294. The lowest BCUT2D eigenvalue weighted by Crippen LogP contribution is -2.11. The zero-order chi connectivity index (χ0) is 12.0. The van der Waals surface area contributed by atoms with Gasteiger partial charge in [-0.25, -0.2) is 4.79 Å². The molecular weight excluding hydrogens is 218 g/mol. The van der Waals surface area contributed by atoms with Crippen LogP contribution >= 0.6 is 0 Å². The summed E-state index contributed by atoms with van der Waals surface area (Å²) in [5, 5.41) is 4.26. The second-order valence-corrected chi connectivity index (χ2v) is 4.18. The Morgan fingerprint density at radius 3 is 3.12 bits per heavy atom. The van der Waals surface area contributed by atoms with Gasteiger partial charge in [0.15, 0.2) is 0 Å². The highest BCUT2D eigenvalue weighted by molar-refractivity contribution is 5.91. The molecule has 5 heteroatoms. The molecule has 0 saturated carbocycles. The summed E-state index contributed by atoms with van der Waals surface area (Å²) in [4.78, 5) is 11.5. The van der Waals surface area contributed by atoms with Crippen molar-refractivity contribution in [1.29, 1.82) is 0 Å². The third kappa shape index (κ3) is 1.39. The number of esters is 1. The zero-order valence-electron chi connectivity index (χ0n) is 9.80. The Kier molecular flexibility index (Phi) is 2.07. The molecule has 3 rings (SSSR count). The maximum absolute atomic E-state index is 11.5. The standard InChI is InChI=1S/C12H13N3O2/c1-14-10-3-4-15-7-8(12(16)17-2)5-11(15)9(10)6-13-14/h5-7H,3-4H2,1-2H3. The molecule has 2 aromatic rings. The molecule has 88 valence electrons. The number of carbonyl (C=O) groups is 1. The van der Waals surface area contributed by atoms with Crippen LogP contribution in [0.3, 0.4) is 0 Å². The Labute approximate surface area is 98.6 Å². The van der Waals surface area contributed by atoms with Crippen LogP contribution in [0.25, 0.3) is 11.3 Å². The second-order valence-electron chi connectivity index (χ2n) is 4.18. The van der Waals surface area contributed by atoms with Crippen LogP contribution in [0.15, 0.2) is 18.5 Å². The lowest BCUT2D eigenvalue weighted by atomic mass is 10.1. The van der Waals surface area contributed by atoms with Crippen molar-refractivity contribution in [2.24, 2.45) is 7.05 Å². The average molecular weight is 231 g/mol. The smallest absolute Gasteiger partial charge is 0.339 e. The lowest BCUT2D eigenvalue weighted by molar-refractivity contribution is 0.0600.